The smallest absolute Gasteiger partial charge is 0.131 e. The summed E-state index contributed by atoms with van der Waals surface area (Å²) in [5, 5.41) is 6.68. The third-order valence-corrected chi connectivity index (χ3v) is 4.29. The Labute approximate surface area is 125 Å². The van der Waals surface area contributed by atoms with Gasteiger partial charge in [0.25, 0.3) is 0 Å². The number of thiazole rings is 1. The van der Waals surface area contributed by atoms with Crippen molar-refractivity contribution in [2.75, 3.05) is 0 Å². The molecule has 100 valence electrons. The Bertz CT molecular complexity index is 554. The number of nitrogens with zero attached hydrogens (tertiary/aromatic N) is 1. The molecule has 0 atom stereocenters. The molecule has 0 saturated heterocycles. The molecule has 0 spiro atoms. The summed E-state index contributed by atoms with van der Waals surface area (Å²) < 4.78 is 6.74. The average molecular weight is 339 g/mol. The molecule has 1 N–H and O–H groups in total. The van der Waals surface area contributed by atoms with Crippen molar-refractivity contribution in [3.05, 3.63) is 44.8 Å². The van der Waals surface area contributed by atoms with Crippen LogP contribution in [0.5, 0.6) is 5.75 Å². The van der Waals surface area contributed by atoms with E-state index in [9.17, 15) is 0 Å². The minimum absolute atomic E-state index is 0.524. The molecular weight excluding hydrogens is 324 g/mol. The number of benzene rings is 1. The predicted octanol–water partition coefficient (Wildman–Crippen LogP) is 3.74. The van der Waals surface area contributed by atoms with E-state index in [1.165, 1.54) is 12.8 Å². The highest BCUT2D eigenvalue weighted by Gasteiger charge is 2.20. The first kappa shape index (κ1) is 13.1. The Morgan fingerprint density at radius 1 is 1.42 bits per heavy atom. The van der Waals surface area contributed by atoms with Gasteiger partial charge in [0, 0.05) is 22.4 Å². The highest BCUT2D eigenvalue weighted by atomic mass is 79.9. The molecule has 3 nitrogen and oxygen atoms in total. The molecular formula is C14H15BrN2OS. The van der Waals surface area contributed by atoms with Gasteiger partial charge >= 0.3 is 0 Å². The molecule has 0 aliphatic heterocycles. The lowest BCUT2D eigenvalue weighted by atomic mass is 10.3. The molecule has 3 rings (SSSR count). The number of hydrogen-bond acceptors (Lipinski definition) is 4. The molecule has 1 fully saturated rings. The second kappa shape index (κ2) is 6.03. The van der Waals surface area contributed by atoms with Gasteiger partial charge in [-0.05, 0) is 31.0 Å². The Morgan fingerprint density at radius 2 is 2.32 bits per heavy atom. The highest BCUT2D eigenvalue weighted by Crippen LogP contribution is 2.21. The third-order valence-electron chi connectivity index (χ3n) is 2.90. The first-order chi connectivity index (χ1) is 9.29. The molecule has 19 heavy (non-hydrogen) atoms. The van der Waals surface area contributed by atoms with Gasteiger partial charge in [0.1, 0.15) is 17.4 Å². The zero-order valence-corrected chi connectivity index (χ0v) is 12.8. The van der Waals surface area contributed by atoms with E-state index in [2.05, 4.69) is 31.6 Å². The summed E-state index contributed by atoms with van der Waals surface area (Å²) in [6, 6.07) is 8.59. The van der Waals surface area contributed by atoms with Gasteiger partial charge in [-0.15, -0.1) is 11.3 Å². The van der Waals surface area contributed by atoms with Crippen LogP contribution in [-0.4, -0.2) is 11.0 Å². The van der Waals surface area contributed by atoms with Gasteiger partial charge in [0.2, 0.25) is 0 Å². The van der Waals surface area contributed by atoms with Gasteiger partial charge in [0.15, 0.2) is 0 Å². The van der Waals surface area contributed by atoms with E-state index in [0.717, 1.165) is 33.5 Å². The van der Waals surface area contributed by atoms with Gasteiger partial charge in [-0.1, -0.05) is 22.0 Å². The largest absolute Gasteiger partial charge is 0.487 e. The van der Waals surface area contributed by atoms with Crippen molar-refractivity contribution >= 4 is 27.3 Å². The first-order valence-electron chi connectivity index (χ1n) is 6.34. The maximum absolute atomic E-state index is 5.72. The molecule has 1 aromatic heterocycles. The van der Waals surface area contributed by atoms with Gasteiger partial charge in [0.05, 0.1) is 5.69 Å². The lowest BCUT2D eigenvalue weighted by Crippen LogP contribution is -2.15. The molecule has 5 heteroatoms. The second-order valence-corrected chi connectivity index (χ2v) is 6.49. The molecule has 1 saturated carbocycles. The van der Waals surface area contributed by atoms with E-state index in [0.29, 0.717) is 6.61 Å². The number of hydrogen-bond donors (Lipinski definition) is 1. The predicted molar refractivity (Wildman–Crippen MR) is 80.4 cm³/mol. The van der Waals surface area contributed by atoms with Crippen LogP contribution < -0.4 is 10.1 Å². The highest BCUT2D eigenvalue weighted by molar-refractivity contribution is 9.10. The normalized spacial score (nSPS) is 14.6. The summed E-state index contributed by atoms with van der Waals surface area (Å²) in [5.41, 5.74) is 0.998. The van der Waals surface area contributed by atoms with E-state index in [4.69, 9.17) is 4.74 Å². The average Bonchev–Trinajstić information content (AvgIpc) is 3.13. The Kier molecular flexibility index (Phi) is 4.15. The summed E-state index contributed by atoms with van der Waals surface area (Å²) in [4.78, 5) is 4.57. The first-order valence-corrected chi connectivity index (χ1v) is 8.02. The van der Waals surface area contributed by atoms with Crippen LogP contribution >= 0.6 is 27.3 Å². The third kappa shape index (κ3) is 4.03. The summed E-state index contributed by atoms with van der Waals surface area (Å²) in [6.07, 6.45) is 2.62. The number of nitrogens with one attached hydrogen (secondary N) is 1. The Morgan fingerprint density at radius 3 is 3.11 bits per heavy atom. The summed E-state index contributed by atoms with van der Waals surface area (Å²) in [5.74, 6) is 0.861. The number of ether oxygens (including phenoxy) is 1. The molecule has 1 aliphatic rings. The molecule has 0 bridgehead atoms. The maximum atomic E-state index is 5.72. The lowest BCUT2D eigenvalue weighted by molar-refractivity contribution is 0.301. The summed E-state index contributed by atoms with van der Waals surface area (Å²) in [6.45, 7) is 1.41. The van der Waals surface area contributed by atoms with Crippen LogP contribution in [0.4, 0.5) is 0 Å². The van der Waals surface area contributed by atoms with Crippen molar-refractivity contribution in [1.29, 1.82) is 0 Å². The Hall–Kier alpha value is -0.910. The zero-order chi connectivity index (χ0) is 13.1. The van der Waals surface area contributed by atoms with E-state index in [-0.39, 0.29) is 0 Å². The van der Waals surface area contributed by atoms with Crippen LogP contribution in [0.3, 0.4) is 0 Å². The van der Waals surface area contributed by atoms with Crippen LogP contribution in [0.2, 0.25) is 0 Å². The molecule has 0 radical (unpaired) electrons. The molecule has 2 aromatic rings. The van der Waals surface area contributed by atoms with Crippen LogP contribution in [0, 0.1) is 0 Å². The molecule has 1 heterocycles. The fourth-order valence-electron chi connectivity index (χ4n) is 1.73. The number of halogens is 1. The summed E-state index contributed by atoms with van der Waals surface area (Å²) >= 11 is 5.13. The van der Waals surface area contributed by atoms with Crippen molar-refractivity contribution in [2.45, 2.75) is 32.0 Å². The minimum atomic E-state index is 0.524. The molecule has 0 amide bonds. The van der Waals surface area contributed by atoms with Gasteiger partial charge < -0.3 is 10.1 Å². The van der Waals surface area contributed by atoms with Crippen molar-refractivity contribution in [2.24, 2.45) is 0 Å². The van der Waals surface area contributed by atoms with Crippen molar-refractivity contribution in [3.8, 4) is 5.75 Å². The van der Waals surface area contributed by atoms with Crippen molar-refractivity contribution < 1.29 is 4.74 Å². The molecule has 1 aromatic carbocycles. The van der Waals surface area contributed by atoms with Gasteiger partial charge in [-0.2, -0.15) is 0 Å². The standard InChI is InChI=1S/C14H15BrN2OS/c15-10-2-1-3-13(6-10)18-8-12-9-19-14(17-12)7-16-11-4-5-11/h1-3,6,9,11,16H,4-5,7-8H2. The van der Waals surface area contributed by atoms with Crippen LogP contribution in [0.25, 0.3) is 0 Å². The monoisotopic (exact) mass is 338 g/mol. The fourth-order valence-corrected chi connectivity index (χ4v) is 2.84. The quantitative estimate of drug-likeness (QED) is 0.871. The Balaban J connectivity index is 1.51. The van der Waals surface area contributed by atoms with E-state index in [1.807, 2.05) is 24.3 Å². The van der Waals surface area contributed by atoms with Crippen molar-refractivity contribution in [1.82, 2.24) is 10.3 Å². The zero-order valence-electron chi connectivity index (χ0n) is 10.4. The molecule has 1 aliphatic carbocycles. The van der Waals surface area contributed by atoms with E-state index in [1.54, 1.807) is 11.3 Å². The second-order valence-electron chi connectivity index (χ2n) is 4.63. The van der Waals surface area contributed by atoms with E-state index >= 15 is 0 Å². The SMILES string of the molecule is Brc1cccc(OCc2csc(CNC3CC3)n2)c1. The topological polar surface area (TPSA) is 34.1 Å². The van der Waals surface area contributed by atoms with Crippen LogP contribution in [0.1, 0.15) is 23.5 Å². The van der Waals surface area contributed by atoms with Crippen LogP contribution in [-0.2, 0) is 13.2 Å². The maximum Gasteiger partial charge on any atom is 0.131 e. The van der Waals surface area contributed by atoms with Crippen molar-refractivity contribution in [3.63, 3.8) is 0 Å². The summed E-state index contributed by atoms with van der Waals surface area (Å²) in [7, 11) is 0. The minimum Gasteiger partial charge on any atom is -0.487 e. The van der Waals surface area contributed by atoms with Crippen LogP contribution in [0.15, 0.2) is 34.1 Å². The fraction of sp³-hybridized carbons (Fsp3) is 0.357. The van der Waals surface area contributed by atoms with Gasteiger partial charge in [-0.25, -0.2) is 4.98 Å². The lowest BCUT2D eigenvalue weighted by Gasteiger charge is -2.04. The molecule has 0 unspecified atom stereocenters. The van der Waals surface area contributed by atoms with Gasteiger partial charge in [-0.3, -0.25) is 0 Å². The van der Waals surface area contributed by atoms with E-state index < -0.39 is 0 Å². The number of aromatic nitrogens is 1. The number of rotatable bonds is 6.